The molecule has 2 aliphatic heterocycles. The Labute approximate surface area is 173 Å². The lowest BCUT2D eigenvalue weighted by Gasteiger charge is -2.32. The minimum Gasteiger partial charge on any atom is -0.393 e. The van der Waals surface area contributed by atoms with Gasteiger partial charge in [-0.1, -0.05) is 30.3 Å². The molecule has 2 aliphatic rings. The van der Waals surface area contributed by atoms with E-state index in [0.29, 0.717) is 19.0 Å². The molecule has 0 aliphatic carbocycles. The molecule has 0 spiro atoms. The third-order valence-electron chi connectivity index (χ3n) is 6.09. The van der Waals surface area contributed by atoms with E-state index in [1.165, 1.54) is 11.8 Å². The molecule has 2 aromatic rings. The van der Waals surface area contributed by atoms with Gasteiger partial charge in [0.2, 0.25) is 10.0 Å². The monoisotopic (exact) mass is 415 g/mol. The molecule has 4 rings (SSSR count). The number of anilines is 1. The summed E-state index contributed by atoms with van der Waals surface area (Å²) in [4.78, 5) is 6.76. The lowest BCUT2D eigenvalue weighted by atomic mass is 9.91. The zero-order valence-corrected chi connectivity index (χ0v) is 17.5. The van der Waals surface area contributed by atoms with Crippen LogP contribution < -0.4 is 4.90 Å². The van der Waals surface area contributed by atoms with Crippen molar-refractivity contribution in [2.24, 2.45) is 5.92 Å². The Morgan fingerprint density at radius 2 is 1.62 bits per heavy atom. The fourth-order valence-corrected chi connectivity index (χ4v) is 5.67. The van der Waals surface area contributed by atoms with Crippen LogP contribution in [0, 0.1) is 5.92 Å². The summed E-state index contributed by atoms with van der Waals surface area (Å²) in [5.41, 5.74) is 1.32. The van der Waals surface area contributed by atoms with Crippen LogP contribution in [-0.2, 0) is 16.4 Å². The lowest BCUT2D eigenvalue weighted by Crippen LogP contribution is -2.39. The Hall–Kier alpha value is -1.96. The second-order valence-electron chi connectivity index (χ2n) is 8.11. The Kier molecular flexibility index (Phi) is 6.18. The summed E-state index contributed by atoms with van der Waals surface area (Å²) >= 11 is 0. The van der Waals surface area contributed by atoms with Gasteiger partial charge in [-0.05, 0) is 55.7 Å². The highest BCUT2D eigenvalue weighted by molar-refractivity contribution is 7.89. The highest BCUT2D eigenvalue weighted by Gasteiger charge is 2.30. The fourth-order valence-electron chi connectivity index (χ4n) is 4.26. The first kappa shape index (κ1) is 20.3. The van der Waals surface area contributed by atoms with Crippen molar-refractivity contribution in [1.29, 1.82) is 0 Å². The minimum absolute atomic E-state index is 0.240. The normalized spacial score (nSPS) is 20.1. The van der Waals surface area contributed by atoms with Crippen LogP contribution in [0.1, 0.15) is 31.2 Å². The van der Waals surface area contributed by atoms with Crippen molar-refractivity contribution in [1.82, 2.24) is 9.29 Å². The van der Waals surface area contributed by atoms with Gasteiger partial charge in [-0.25, -0.2) is 13.4 Å². The molecule has 0 unspecified atom stereocenters. The lowest BCUT2D eigenvalue weighted by molar-refractivity contribution is 0.145. The molecule has 2 saturated heterocycles. The van der Waals surface area contributed by atoms with Gasteiger partial charge in [0.15, 0.2) is 0 Å². The van der Waals surface area contributed by atoms with Crippen molar-refractivity contribution in [3.05, 3.63) is 54.2 Å². The highest BCUT2D eigenvalue weighted by atomic mass is 32.2. The maximum atomic E-state index is 13.0. The summed E-state index contributed by atoms with van der Waals surface area (Å²) in [7, 11) is -3.50. The molecule has 0 amide bonds. The topological polar surface area (TPSA) is 73.7 Å². The molecule has 0 radical (unpaired) electrons. The van der Waals surface area contributed by atoms with Gasteiger partial charge < -0.3 is 10.0 Å². The zero-order valence-electron chi connectivity index (χ0n) is 16.7. The molecule has 0 atom stereocenters. The summed E-state index contributed by atoms with van der Waals surface area (Å²) in [5.74, 6) is 1.30. The quantitative estimate of drug-likeness (QED) is 0.813. The molecule has 7 heteroatoms. The van der Waals surface area contributed by atoms with Gasteiger partial charge in [0, 0.05) is 32.4 Å². The number of hydrogen-bond acceptors (Lipinski definition) is 5. The number of sulfonamides is 1. The van der Waals surface area contributed by atoms with Gasteiger partial charge in [-0.2, -0.15) is 4.31 Å². The molecule has 1 aromatic heterocycles. The van der Waals surface area contributed by atoms with E-state index in [2.05, 4.69) is 34.1 Å². The van der Waals surface area contributed by atoms with Crippen molar-refractivity contribution in [3.63, 3.8) is 0 Å². The largest absolute Gasteiger partial charge is 0.393 e. The number of aliphatic hydroxyl groups excluding tert-OH is 1. The van der Waals surface area contributed by atoms with Crippen molar-refractivity contribution >= 4 is 15.8 Å². The third kappa shape index (κ3) is 4.79. The molecule has 3 heterocycles. The summed E-state index contributed by atoms with van der Waals surface area (Å²) in [5, 5.41) is 9.64. The van der Waals surface area contributed by atoms with Crippen LogP contribution in [0.5, 0.6) is 0 Å². The number of nitrogens with zero attached hydrogens (tertiary/aromatic N) is 3. The molecular weight excluding hydrogens is 386 g/mol. The molecule has 6 nitrogen and oxygen atoms in total. The second-order valence-corrected chi connectivity index (χ2v) is 10.0. The van der Waals surface area contributed by atoms with Crippen molar-refractivity contribution in [2.45, 2.75) is 43.1 Å². The molecule has 1 N–H and O–H groups in total. The van der Waals surface area contributed by atoms with E-state index in [1.807, 2.05) is 6.07 Å². The SMILES string of the molecule is O=S(=O)(c1ccc(N2CCC(O)CC2)nc1)N1CCC(Cc2ccccc2)CC1. The van der Waals surface area contributed by atoms with E-state index in [0.717, 1.165) is 51.0 Å². The maximum Gasteiger partial charge on any atom is 0.244 e. The van der Waals surface area contributed by atoms with Crippen LogP contribution in [-0.4, -0.2) is 55.1 Å². The van der Waals surface area contributed by atoms with E-state index in [-0.39, 0.29) is 11.0 Å². The van der Waals surface area contributed by atoms with Crippen molar-refractivity contribution < 1.29 is 13.5 Å². The number of pyridine rings is 1. The smallest absolute Gasteiger partial charge is 0.244 e. The molecule has 156 valence electrons. The Morgan fingerprint density at radius 1 is 0.931 bits per heavy atom. The minimum atomic E-state index is -3.50. The van der Waals surface area contributed by atoms with E-state index < -0.39 is 10.0 Å². The Bertz CT molecular complexity index is 887. The molecule has 0 bridgehead atoms. The number of aliphatic hydroxyl groups is 1. The Morgan fingerprint density at radius 3 is 2.24 bits per heavy atom. The number of aromatic nitrogens is 1. The number of hydrogen-bond donors (Lipinski definition) is 1. The molecule has 0 saturated carbocycles. The van der Waals surface area contributed by atoms with Crippen molar-refractivity contribution in [3.8, 4) is 0 Å². The first-order valence-electron chi connectivity index (χ1n) is 10.5. The van der Waals surface area contributed by atoms with E-state index >= 15 is 0 Å². The first-order valence-corrected chi connectivity index (χ1v) is 11.9. The van der Waals surface area contributed by atoms with Gasteiger partial charge in [0.1, 0.15) is 10.7 Å². The third-order valence-corrected chi connectivity index (χ3v) is 7.97. The van der Waals surface area contributed by atoms with E-state index in [1.54, 1.807) is 16.4 Å². The molecular formula is C22H29N3O3S. The summed E-state index contributed by atoms with van der Waals surface area (Å²) < 4.78 is 27.6. The van der Waals surface area contributed by atoms with Gasteiger partial charge in [0.05, 0.1) is 6.10 Å². The van der Waals surface area contributed by atoms with E-state index in [9.17, 15) is 13.5 Å². The number of rotatable bonds is 5. The van der Waals surface area contributed by atoms with Gasteiger partial charge in [-0.15, -0.1) is 0 Å². The molecule has 29 heavy (non-hydrogen) atoms. The van der Waals surface area contributed by atoms with Gasteiger partial charge >= 0.3 is 0 Å². The van der Waals surface area contributed by atoms with Gasteiger partial charge in [-0.3, -0.25) is 0 Å². The summed E-state index contributed by atoms with van der Waals surface area (Å²) in [6.45, 7) is 2.61. The fraction of sp³-hybridized carbons (Fsp3) is 0.500. The van der Waals surface area contributed by atoms with Crippen LogP contribution in [0.4, 0.5) is 5.82 Å². The number of piperidine rings is 2. The van der Waals surface area contributed by atoms with Crippen LogP contribution in [0.25, 0.3) is 0 Å². The average molecular weight is 416 g/mol. The standard InChI is InChI=1S/C22H29N3O3S/c26-20-10-12-24(13-11-20)22-7-6-21(17-23-22)29(27,28)25-14-8-19(9-15-25)16-18-4-2-1-3-5-18/h1-7,17,19-20,26H,8-16H2. The van der Waals surface area contributed by atoms with Crippen LogP contribution in [0.2, 0.25) is 0 Å². The maximum absolute atomic E-state index is 13.0. The first-order chi connectivity index (χ1) is 14.0. The summed E-state index contributed by atoms with van der Waals surface area (Å²) in [6.07, 6.45) is 5.46. The Balaban J connectivity index is 1.36. The predicted molar refractivity (Wildman–Crippen MR) is 113 cm³/mol. The zero-order chi connectivity index (χ0) is 20.3. The predicted octanol–water partition coefficient (Wildman–Crippen LogP) is 2.69. The molecule has 2 fully saturated rings. The van der Waals surface area contributed by atoms with Crippen LogP contribution >= 0.6 is 0 Å². The van der Waals surface area contributed by atoms with E-state index in [4.69, 9.17) is 0 Å². The van der Waals surface area contributed by atoms with Crippen LogP contribution in [0.15, 0.2) is 53.6 Å². The molecule has 1 aromatic carbocycles. The number of benzene rings is 1. The van der Waals surface area contributed by atoms with Crippen LogP contribution in [0.3, 0.4) is 0 Å². The summed E-state index contributed by atoms with van der Waals surface area (Å²) in [6, 6.07) is 13.9. The van der Waals surface area contributed by atoms with Gasteiger partial charge in [0.25, 0.3) is 0 Å². The second kappa shape index (κ2) is 8.81. The highest BCUT2D eigenvalue weighted by Crippen LogP contribution is 2.27. The average Bonchev–Trinajstić information content (AvgIpc) is 2.75. The van der Waals surface area contributed by atoms with Crippen molar-refractivity contribution in [2.75, 3.05) is 31.1 Å².